The van der Waals surface area contributed by atoms with Crippen LogP contribution in [-0.4, -0.2) is 4.57 Å². The number of fused-ring (bicyclic) bond motifs is 8. The maximum atomic E-state index is 9.73. The maximum Gasteiger partial charge on any atom is 0.137 e. The van der Waals surface area contributed by atoms with Crippen LogP contribution in [0.1, 0.15) is 20.6 Å². The Morgan fingerprint density at radius 3 is 1.93 bits per heavy atom. The highest BCUT2D eigenvalue weighted by Gasteiger charge is 2.20. The molecule has 10 aromatic carbocycles. The van der Waals surface area contributed by atoms with Gasteiger partial charge < -0.3 is 13.9 Å². The predicted molar refractivity (Wildman–Crippen MR) is 257 cm³/mol. The molecule has 0 aliphatic heterocycles. The van der Waals surface area contributed by atoms with E-state index in [0.717, 1.165) is 54.8 Å². The topological polar surface area (TPSA) is 21.3 Å². The zero-order valence-electron chi connectivity index (χ0n) is 47.1. The molecule has 12 rings (SSSR count). The highest BCUT2D eigenvalue weighted by Crippen LogP contribution is 2.44. The number of hydrogen-bond acceptors (Lipinski definition) is 2. The summed E-state index contributed by atoms with van der Waals surface area (Å²) in [6.07, 6.45) is 0. The van der Waals surface area contributed by atoms with E-state index in [9.17, 15) is 4.11 Å². The fourth-order valence-electron chi connectivity index (χ4n) is 8.45. The van der Waals surface area contributed by atoms with Crippen LogP contribution in [0.4, 0.5) is 17.1 Å². The zero-order chi connectivity index (χ0) is 53.3. The third kappa shape index (κ3) is 5.90. The Morgan fingerprint density at radius 2 is 1.11 bits per heavy atom. The molecule has 0 atom stereocenters. The van der Waals surface area contributed by atoms with Gasteiger partial charge in [-0.1, -0.05) is 157 Å². The van der Waals surface area contributed by atoms with E-state index in [4.69, 9.17) is 20.9 Å². The first kappa shape index (κ1) is 22.9. The van der Waals surface area contributed by atoms with Crippen molar-refractivity contribution in [3.63, 3.8) is 0 Å². The predicted octanol–water partition coefficient (Wildman–Crippen LogP) is 16.3. The van der Waals surface area contributed by atoms with Gasteiger partial charge in [0.15, 0.2) is 0 Å². The fraction of sp³-hybridized carbons (Fsp3) is 0. The number of benzene rings is 10. The minimum absolute atomic E-state index is 0.0373. The van der Waals surface area contributed by atoms with Crippen molar-refractivity contribution in [2.75, 3.05) is 4.90 Å². The molecule has 0 fully saturated rings. The summed E-state index contributed by atoms with van der Waals surface area (Å²) in [5, 5.41) is 5.62. The molecule has 0 saturated carbocycles. The van der Waals surface area contributed by atoms with Crippen LogP contribution in [0.2, 0.25) is 0 Å². The van der Waals surface area contributed by atoms with Crippen LogP contribution in [0.3, 0.4) is 0 Å². The highest BCUT2D eigenvalue weighted by atomic mass is 16.3. The number of nitrogens with zero attached hydrogens (tertiary/aromatic N) is 2. The van der Waals surface area contributed by atoms with Crippen molar-refractivity contribution >= 4 is 71.6 Å². The smallest absolute Gasteiger partial charge is 0.137 e. The summed E-state index contributed by atoms with van der Waals surface area (Å²) >= 11 is 0. The molecule has 61 heavy (non-hydrogen) atoms. The maximum absolute atomic E-state index is 9.73. The SMILES string of the molecule is [2H]c1cc(N(c2cc([2H])c(-c3c([2H])c([2H])c([2H])c([2H])c3[2H])c([2H])c2)c2ccc3c(c2)oc2ccc4cccc(-c5ccc6c7ccccc7n(-c7ccccc7)c6c5)c4c23)c([2H])c(-c2c([2H])c([2H])c([2H])c([2H])c2[2H])c1[2H]. The second kappa shape index (κ2) is 14.3. The molecule has 12 aromatic rings. The van der Waals surface area contributed by atoms with Gasteiger partial charge in [0.1, 0.15) is 11.2 Å². The second-order valence-corrected chi connectivity index (χ2v) is 14.6. The average Bonchev–Trinajstić information content (AvgIpc) is 4.00. The number of para-hydroxylation sites is 2. The van der Waals surface area contributed by atoms with Gasteiger partial charge in [-0.25, -0.2) is 0 Å². The van der Waals surface area contributed by atoms with E-state index >= 15 is 0 Å². The molecule has 3 nitrogen and oxygen atoms in total. The van der Waals surface area contributed by atoms with Crippen LogP contribution < -0.4 is 4.90 Å². The summed E-state index contributed by atoms with van der Waals surface area (Å²) in [6, 6.07) is 35.0. The first-order valence-electron chi connectivity index (χ1n) is 27.1. The van der Waals surface area contributed by atoms with Gasteiger partial charge in [0.05, 0.1) is 31.6 Å². The number of anilines is 3. The van der Waals surface area contributed by atoms with Crippen molar-refractivity contribution in [1.82, 2.24) is 4.57 Å². The summed E-state index contributed by atoms with van der Waals surface area (Å²) in [6.45, 7) is 0. The van der Waals surface area contributed by atoms with Crippen LogP contribution in [0.5, 0.6) is 0 Å². The molecular formula is C58H38N2O. The number of furan rings is 1. The molecule has 0 aliphatic carbocycles. The van der Waals surface area contributed by atoms with Gasteiger partial charge in [0, 0.05) is 55.7 Å². The minimum Gasteiger partial charge on any atom is -0.456 e. The van der Waals surface area contributed by atoms with Gasteiger partial charge in [0.25, 0.3) is 0 Å². The molecule has 0 bridgehead atoms. The molecule has 2 aromatic heterocycles. The second-order valence-electron chi connectivity index (χ2n) is 14.6. The van der Waals surface area contributed by atoms with Gasteiger partial charge in [-0.15, -0.1) is 0 Å². The molecule has 0 N–H and O–H groups in total. The lowest BCUT2D eigenvalue weighted by atomic mass is 9.94. The Hall–Kier alpha value is -8.14. The van der Waals surface area contributed by atoms with Gasteiger partial charge in [-0.2, -0.15) is 0 Å². The Bertz CT molecular complexity index is 4410. The van der Waals surface area contributed by atoms with Crippen LogP contribution >= 0.6 is 0 Å². The summed E-state index contributed by atoms with van der Waals surface area (Å²) in [5.74, 6) is 0. The molecule has 3 heteroatoms. The third-order valence-corrected chi connectivity index (χ3v) is 11.1. The number of rotatable bonds is 7. The lowest BCUT2D eigenvalue weighted by Gasteiger charge is -2.26. The van der Waals surface area contributed by atoms with Gasteiger partial charge in [0.2, 0.25) is 0 Å². The lowest BCUT2D eigenvalue weighted by molar-refractivity contribution is 0.669. The fourth-order valence-corrected chi connectivity index (χ4v) is 8.45. The number of aromatic nitrogens is 1. The van der Waals surface area contributed by atoms with E-state index < -0.39 is 102 Å². The average molecular weight is 794 g/mol. The van der Waals surface area contributed by atoms with Crippen molar-refractivity contribution in [2.24, 2.45) is 0 Å². The highest BCUT2D eigenvalue weighted by molar-refractivity contribution is 6.23. The Kier molecular flexibility index (Phi) is 5.36. The summed E-state index contributed by atoms with van der Waals surface area (Å²) in [7, 11) is 0. The monoisotopic (exact) mass is 793 g/mol. The lowest BCUT2D eigenvalue weighted by Crippen LogP contribution is -2.10. The first-order valence-corrected chi connectivity index (χ1v) is 19.6. The van der Waals surface area contributed by atoms with E-state index in [1.165, 1.54) is 23.1 Å². The summed E-state index contributed by atoms with van der Waals surface area (Å²) in [4.78, 5) is 1.43. The van der Waals surface area contributed by atoms with E-state index in [0.29, 0.717) is 16.6 Å². The summed E-state index contributed by atoms with van der Waals surface area (Å²) < 4.78 is 140. The van der Waals surface area contributed by atoms with Crippen LogP contribution in [0.25, 0.3) is 93.6 Å². The first-order chi connectivity index (χ1) is 36.5. The Morgan fingerprint density at radius 1 is 0.410 bits per heavy atom. The van der Waals surface area contributed by atoms with E-state index in [2.05, 4.69) is 53.1 Å². The Balaban J connectivity index is 1.09. The van der Waals surface area contributed by atoms with Crippen LogP contribution in [0.15, 0.2) is 235 Å². The van der Waals surface area contributed by atoms with Gasteiger partial charge in [-0.3, -0.25) is 0 Å². The quantitative estimate of drug-likeness (QED) is 0.160. The molecule has 0 unspecified atom stereocenters. The molecule has 0 aliphatic rings. The van der Waals surface area contributed by atoms with Crippen molar-refractivity contribution in [2.45, 2.75) is 0 Å². The van der Waals surface area contributed by atoms with Crippen molar-refractivity contribution in [1.29, 1.82) is 0 Å². The largest absolute Gasteiger partial charge is 0.456 e. The Labute approximate surface area is 374 Å². The summed E-state index contributed by atoms with van der Waals surface area (Å²) in [5.41, 5.74) is 4.64. The molecule has 0 amide bonds. The van der Waals surface area contributed by atoms with E-state index in [-0.39, 0.29) is 28.2 Å². The molecule has 0 radical (unpaired) electrons. The normalized spacial score (nSPS) is 15.0. The van der Waals surface area contributed by atoms with Crippen molar-refractivity contribution < 1.29 is 25.0 Å². The number of hydrogen-bond donors (Lipinski definition) is 0. The standard InChI is InChI=1S/C58H38N2O/c1-4-14-39(15-5-1)41-26-30-46(31-27-41)59(47-22-12-19-43(36-47)40-16-6-2-7-17-40)48-32-34-52-56(38-48)61-55-35-29-42-18-13-24-49(57(42)58(52)55)44-28-33-51-50-23-10-11-25-53(50)60(54(51)37-44)45-20-8-3-9-21-45/h1-38H/i1D,2D,4D,5D,6D,7D,12D,14D,15D,16D,17D,19D,26D,27D,36D. The molecule has 286 valence electrons. The molecule has 0 saturated heterocycles. The third-order valence-electron chi connectivity index (χ3n) is 11.1. The van der Waals surface area contributed by atoms with Crippen LogP contribution in [0, 0.1) is 0 Å². The van der Waals surface area contributed by atoms with E-state index in [1.54, 1.807) is 12.1 Å². The zero-order valence-corrected chi connectivity index (χ0v) is 32.1. The van der Waals surface area contributed by atoms with Crippen LogP contribution in [-0.2, 0) is 0 Å². The van der Waals surface area contributed by atoms with Crippen molar-refractivity contribution in [3.05, 3.63) is 230 Å². The van der Waals surface area contributed by atoms with E-state index in [1.807, 2.05) is 60.7 Å². The molecule has 0 spiro atoms. The molecule has 2 heterocycles. The van der Waals surface area contributed by atoms with Gasteiger partial charge in [-0.05, 0) is 105 Å². The minimum atomic E-state index is -0.702. The molecular weight excluding hydrogens is 741 g/mol. The van der Waals surface area contributed by atoms with Crippen molar-refractivity contribution in [3.8, 4) is 39.1 Å². The van der Waals surface area contributed by atoms with Gasteiger partial charge >= 0.3 is 0 Å².